The maximum Gasteiger partial charge on any atom is 1.09 e. The van der Waals surface area contributed by atoms with E-state index in [0.717, 1.165) is 0 Å². The summed E-state index contributed by atoms with van der Waals surface area (Å²) in [6, 6.07) is 3.33. The van der Waals surface area contributed by atoms with Gasteiger partial charge in [-0.15, -0.1) is 0 Å². The smallest absolute Gasteiger partial charge is 0.584 e. The van der Waals surface area contributed by atoms with Crippen molar-refractivity contribution in [3.63, 3.8) is 0 Å². The van der Waals surface area contributed by atoms with Gasteiger partial charge in [0, 0.05) is 24.3 Å². The van der Waals surface area contributed by atoms with E-state index in [-0.39, 0.29) is 0 Å². The summed E-state index contributed by atoms with van der Waals surface area (Å²) in [7, 11) is -2.51. The summed E-state index contributed by atoms with van der Waals surface area (Å²) in [5.74, 6) is -9.71. The summed E-state index contributed by atoms with van der Waals surface area (Å²) < 4.78 is 98.8. The largest absolute Gasteiger partial charge is 1.09 e. The van der Waals surface area contributed by atoms with Gasteiger partial charge >= 0.3 is 15.1 Å². The van der Waals surface area contributed by atoms with Crippen LogP contribution in [0.3, 0.4) is 0 Å². The molecule has 0 unspecified atom stereocenters. The molecule has 0 aromatic heterocycles. The molecule has 0 aliphatic rings. The second kappa shape index (κ2) is 9.89. The van der Waals surface area contributed by atoms with E-state index >= 15 is 0 Å². The second-order valence-electron chi connectivity index (χ2n) is 6.28. The standard InChI is InChI=1S/2C6H3F3O.C6H15OSi.Al/c2*7-3-1-4(8)6(10)5(9)2-3;1-4-8(7,5-2)6-3;/h2*1-2,10H;4-6H2,1-3H3;/q;;-1;+3/p-2. The Kier molecular flexibility index (Phi) is 8.05. The molecular weight excluding hydrogens is 433 g/mol. The quantitative estimate of drug-likeness (QED) is 0.346. The first kappa shape index (κ1) is 23.6. The first-order chi connectivity index (χ1) is 13.6. The van der Waals surface area contributed by atoms with Crippen molar-refractivity contribution in [1.82, 2.24) is 0 Å². The Labute approximate surface area is 170 Å². The molecule has 0 fully saturated rings. The SMILES string of the molecule is CC[Si](CC)(CC)[O][Al]([O]c1c(F)cc(F)cc1F)[O]c1c(F)cc(F)cc1F. The molecule has 2 aromatic carbocycles. The summed E-state index contributed by atoms with van der Waals surface area (Å²) in [4.78, 5) is 0. The number of benzene rings is 2. The van der Waals surface area contributed by atoms with E-state index in [1.54, 1.807) is 0 Å². The maximum absolute atomic E-state index is 14.0. The first-order valence-corrected chi connectivity index (χ1v) is 12.9. The fourth-order valence-corrected chi connectivity index (χ4v) is 9.15. The summed E-state index contributed by atoms with van der Waals surface area (Å²) in [5.41, 5.74) is 0. The highest BCUT2D eigenvalue weighted by Crippen LogP contribution is 2.30. The predicted octanol–water partition coefficient (Wildman–Crippen LogP) is 5.99. The van der Waals surface area contributed by atoms with Gasteiger partial charge in [0.15, 0.2) is 43.1 Å². The lowest BCUT2D eigenvalue weighted by Crippen LogP contribution is -2.48. The summed E-state index contributed by atoms with van der Waals surface area (Å²) in [6.07, 6.45) is 0. The van der Waals surface area contributed by atoms with Gasteiger partial charge in [0.25, 0.3) is 0 Å². The molecule has 2 rings (SSSR count). The fraction of sp³-hybridized carbons (Fsp3) is 0.333. The highest BCUT2D eigenvalue weighted by Gasteiger charge is 2.49. The van der Waals surface area contributed by atoms with Crippen LogP contribution < -0.4 is 7.58 Å². The molecule has 0 bridgehead atoms. The van der Waals surface area contributed by atoms with Crippen molar-refractivity contribution in [3.05, 3.63) is 59.2 Å². The number of halogens is 6. The van der Waals surface area contributed by atoms with Crippen LogP contribution in [0.5, 0.6) is 11.5 Å². The maximum atomic E-state index is 14.0. The first-order valence-electron chi connectivity index (χ1n) is 8.94. The van der Waals surface area contributed by atoms with Crippen molar-refractivity contribution in [2.45, 2.75) is 38.9 Å². The third kappa shape index (κ3) is 5.69. The van der Waals surface area contributed by atoms with Crippen molar-refractivity contribution >= 4 is 23.5 Å². The normalized spacial score (nSPS) is 11.5. The van der Waals surface area contributed by atoms with Crippen molar-refractivity contribution in [2.24, 2.45) is 0 Å². The molecule has 158 valence electrons. The molecule has 29 heavy (non-hydrogen) atoms. The lowest BCUT2D eigenvalue weighted by molar-refractivity contribution is 0.272. The summed E-state index contributed by atoms with van der Waals surface area (Å²) in [6.45, 7) is 5.55. The molecule has 0 amide bonds. The zero-order chi connectivity index (χ0) is 21.8. The molecule has 0 atom stereocenters. The van der Waals surface area contributed by atoms with Crippen LogP contribution in [0.4, 0.5) is 26.3 Å². The molecule has 3 nitrogen and oxygen atoms in total. The van der Waals surface area contributed by atoms with Crippen molar-refractivity contribution < 1.29 is 37.4 Å². The minimum atomic E-state index is -3.65. The molecule has 2 aromatic rings. The van der Waals surface area contributed by atoms with Crippen molar-refractivity contribution in [1.29, 1.82) is 0 Å². The molecule has 0 heterocycles. The molecule has 0 aliphatic carbocycles. The Bertz CT molecular complexity index is 752. The lowest BCUT2D eigenvalue weighted by atomic mass is 10.3. The monoisotopic (exact) mass is 452 g/mol. The number of rotatable bonds is 9. The Morgan fingerprint density at radius 1 is 0.655 bits per heavy atom. The van der Waals surface area contributed by atoms with Crippen molar-refractivity contribution in [2.75, 3.05) is 0 Å². The average molecular weight is 452 g/mol. The Morgan fingerprint density at radius 2 is 0.966 bits per heavy atom. The topological polar surface area (TPSA) is 27.7 Å². The van der Waals surface area contributed by atoms with E-state index in [4.69, 9.17) is 11.1 Å². The lowest BCUT2D eigenvalue weighted by Gasteiger charge is -2.31. The summed E-state index contributed by atoms with van der Waals surface area (Å²) >= 11 is -3.65. The van der Waals surface area contributed by atoms with Gasteiger partial charge in [-0.2, -0.15) is 0 Å². The van der Waals surface area contributed by atoms with Crippen LogP contribution >= 0.6 is 0 Å². The van der Waals surface area contributed by atoms with E-state index < -0.39 is 69.9 Å². The van der Waals surface area contributed by atoms with Gasteiger partial charge in [0.1, 0.15) is 11.6 Å². The third-order valence-electron chi connectivity index (χ3n) is 4.63. The van der Waals surface area contributed by atoms with E-state index in [2.05, 4.69) is 0 Å². The highest BCUT2D eigenvalue weighted by molar-refractivity contribution is 6.78. The summed E-state index contributed by atoms with van der Waals surface area (Å²) in [5, 5.41) is 0. The van der Waals surface area contributed by atoms with E-state index in [9.17, 15) is 26.3 Å². The van der Waals surface area contributed by atoms with Crippen LogP contribution in [0.2, 0.25) is 18.1 Å². The molecule has 11 heteroatoms. The molecule has 0 radical (unpaired) electrons. The van der Waals surface area contributed by atoms with Gasteiger partial charge < -0.3 is 11.1 Å². The van der Waals surface area contributed by atoms with Crippen molar-refractivity contribution in [3.8, 4) is 11.5 Å². The zero-order valence-corrected chi connectivity index (χ0v) is 18.2. The molecule has 0 aliphatic heterocycles. The third-order valence-corrected chi connectivity index (χ3v) is 12.1. The Balaban J connectivity index is 2.44. The van der Waals surface area contributed by atoms with Gasteiger partial charge in [0.2, 0.25) is 0 Å². The van der Waals surface area contributed by atoms with Crippen LogP contribution in [0.25, 0.3) is 0 Å². The van der Waals surface area contributed by atoms with E-state index in [0.29, 0.717) is 42.4 Å². The van der Waals surface area contributed by atoms with Gasteiger partial charge in [-0.3, -0.25) is 0 Å². The van der Waals surface area contributed by atoms with Gasteiger partial charge in [-0.25, -0.2) is 26.3 Å². The molecule has 0 spiro atoms. The van der Waals surface area contributed by atoms with Crippen LogP contribution in [0.1, 0.15) is 20.8 Å². The Hall–Kier alpha value is -1.67. The second-order valence-corrected chi connectivity index (χ2v) is 12.8. The van der Waals surface area contributed by atoms with Crippen LogP contribution in [0.15, 0.2) is 24.3 Å². The number of hydrogen-bond acceptors (Lipinski definition) is 3. The average Bonchev–Trinajstić information content (AvgIpc) is 2.65. The molecule has 0 N–H and O–H groups in total. The zero-order valence-electron chi connectivity index (χ0n) is 16.0. The van der Waals surface area contributed by atoms with Crippen LogP contribution in [0, 0.1) is 34.9 Å². The van der Waals surface area contributed by atoms with Gasteiger partial charge in [-0.05, 0) is 18.1 Å². The minimum absolute atomic E-state index is 0.396. The van der Waals surface area contributed by atoms with Crippen LogP contribution in [-0.4, -0.2) is 23.5 Å². The predicted molar refractivity (Wildman–Crippen MR) is 97.9 cm³/mol. The fourth-order valence-electron chi connectivity index (χ4n) is 2.75. The molecule has 0 saturated carbocycles. The molecule has 0 saturated heterocycles. The van der Waals surface area contributed by atoms with E-state index in [1.165, 1.54) is 0 Å². The molecular formula is C18H19AlF6O3Si. The van der Waals surface area contributed by atoms with E-state index in [1.807, 2.05) is 20.8 Å². The minimum Gasteiger partial charge on any atom is -0.584 e. The Morgan fingerprint density at radius 3 is 1.24 bits per heavy atom. The number of hydrogen-bond donors (Lipinski definition) is 0. The van der Waals surface area contributed by atoms with Crippen LogP contribution in [-0.2, 0) is 3.48 Å². The highest BCUT2D eigenvalue weighted by atomic mass is 28.4. The van der Waals surface area contributed by atoms with Gasteiger partial charge in [0.05, 0.1) is 0 Å². The van der Waals surface area contributed by atoms with Gasteiger partial charge in [-0.1, -0.05) is 20.8 Å².